The maximum absolute atomic E-state index is 13.5. The number of nitrogens with zero attached hydrogens (tertiary/aromatic N) is 1. The molecule has 0 aliphatic carbocycles. The van der Waals surface area contributed by atoms with Crippen LogP contribution in [0.3, 0.4) is 0 Å². The molecule has 0 aromatic heterocycles. The minimum Gasteiger partial charge on any atom is -0.622 e. The fraction of sp³-hybridized carbons (Fsp3) is 0.222. The monoisotopic (exact) mass is 281 g/mol. The Labute approximate surface area is 125 Å². The summed E-state index contributed by atoms with van der Waals surface area (Å²) in [4.78, 5) is 0. The van der Waals surface area contributed by atoms with Gasteiger partial charge >= 0.3 is 0 Å². The molecule has 2 aromatic rings. The normalized spacial score (nSPS) is 24.8. The van der Waals surface area contributed by atoms with Crippen molar-refractivity contribution in [3.05, 3.63) is 77.6 Å². The van der Waals surface area contributed by atoms with Gasteiger partial charge in [0, 0.05) is 24.1 Å². The van der Waals surface area contributed by atoms with E-state index in [0.29, 0.717) is 11.4 Å². The van der Waals surface area contributed by atoms with Crippen LogP contribution in [-0.2, 0) is 0 Å². The molecular weight excluding hydrogens is 262 g/mol. The molecule has 0 fully saturated rings. The second-order valence-electron chi connectivity index (χ2n) is 5.30. The van der Waals surface area contributed by atoms with Crippen molar-refractivity contribution < 1.29 is 4.74 Å². The Bertz CT molecular complexity index is 639. The molecular formula is C18H19NO2. The highest BCUT2D eigenvalue weighted by molar-refractivity contribution is 5.52. The summed E-state index contributed by atoms with van der Waals surface area (Å²) in [5, 5.41) is 13.5. The van der Waals surface area contributed by atoms with Gasteiger partial charge in [-0.15, -0.1) is 0 Å². The molecule has 108 valence electrons. The molecule has 0 saturated heterocycles. The molecule has 0 saturated carbocycles. The third kappa shape index (κ3) is 2.58. The molecule has 3 rings (SSSR count). The fourth-order valence-corrected chi connectivity index (χ4v) is 2.94. The number of rotatable bonds is 3. The van der Waals surface area contributed by atoms with Crippen LogP contribution in [0.2, 0.25) is 0 Å². The minimum absolute atomic E-state index is 0.108. The largest absolute Gasteiger partial charge is 0.622 e. The number of benzene rings is 2. The lowest BCUT2D eigenvalue weighted by molar-refractivity contribution is 0.331. The van der Waals surface area contributed by atoms with E-state index in [1.807, 2.05) is 60.7 Å². The molecule has 1 heterocycles. The van der Waals surface area contributed by atoms with Crippen molar-refractivity contribution in [2.75, 3.05) is 7.11 Å². The van der Waals surface area contributed by atoms with Crippen LogP contribution in [0.1, 0.15) is 24.4 Å². The van der Waals surface area contributed by atoms with Gasteiger partial charge in [0.05, 0.1) is 13.3 Å². The molecule has 1 aliphatic rings. The highest BCUT2D eigenvalue weighted by Gasteiger charge is 2.33. The molecule has 0 radical (unpaired) electrons. The first-order valence-electron chi connectivity index (χ1n) is 7.21. The summed E-state index contributed by atoms with van der Waals surface area (Å²) in [6.45, 7) is 0. The van der Waals surface area contributed by atoms with E-state index in [9.17, 15) is 5.21 Å². The number of quaternary nitrogens is 1. The van der Waals surface area contributed by atoms with E-state index in [1.165, 1.54) is 0 Å². The average molecular weight is 281 g/mol. The first-order chi connectivity index (χ1) is 10.2. The van der Waals surface area contributed by atoms with Gasteiger partial charge in [-0.25, -0.2) is 0 Å². The van der Waals surface area contributed by atoms with Gasteiger partial charge in [-0.05, 0) is 18.6 Å². The van der Waals surface area contributed by atoms with Gasteiger partial charge in [-0.1, -0.05) is 36.4 Å². The van der Waals surface area contributed by atoms with Gasteiger partial charge in [0.25, 0.3) is 0 Å². The molecule has 2 atom stereocenters. The van der Waals surface area contributed by atoms with Gasteiger partial charge in [0.15, 0.2) is 0 Å². The van der Waals surface area contributed by atoms with Crippen molar-refractivity contribution in [3.8, 4) is 5.75 Å². The van der Waals surface area contributed by atoms with E-state index in [2.05, 4.69) is 0 Å². The Morgan fingerprint density at radius 1 is 1.10 bits per heavy atom. The Balaban J connectivity index is 2.06. The minimum atomic E-state index is -0.457. The van der Waals surface area contributed by atoms with Gasteiger partial charge in [-0.2, -0.15) is 0 Å². The van der Waals surface area contributed by atoms with Crippen LogP contribution < -0.4 is 9.38 Å². The second-order valence-corrected chi connectivity index (χ2v) is 5.30. The third-order valence-corrected chi connectivity index (χ3v) is 4.04. The fourth-order valence-electron chi connectivity index (χ4n) is 2.94. The first kappa shape index (κ1) is 13.9. The lowest BCUT2D eigenvalue weighted by atomic mass is 9.96. The number of allylic oxidation sites excluding steroid dienone is 1. The molecule has 2 aromatic carbocycles. The predicted octanol–water partition coefficient (Wildman–Crippen LogP) is 4.55. The molecule has 1 aliphatic heterocycles. The van der Waals surface area contributed by atoms with Crippen LogP contribution in [0, 0.1) is 5.21 Å². The van der Waals surface area contributed by atoms with Crippen LogP contribution in [0.5, 0.6) is 5.75 Å². The van der Waals surface area contributed by atoms with E-state index < -0.39 is 4.65 Å². The SMILES string of the molecule is COc1cccc([N+]2([O-])C=CCCC2c2ccccc2)c1. The second kappa shape index (κ2) is 5.72. The predicted molar refractivity (Wildman–Crippen MR) is 85.7 cm³/mol. The van der Waals surface area contributed by atoms with E-state index in [0.717, 1.165) is 18.4 Å². The molecule has 0 N–H and O–H groups in total. The highest BCUT2D eigenvalue weighted by atomic mass is 16.5. The number of ether oxygens (including phenoxy) is 1. The topological polar surface area (TPSA) is 32.3 Å². The lowest BCUT2D eigenvalue weighted by Gasteiger charge is -2.47. The highest BCUT2D eigenvalue weighted by Crippen LogP contribution is 2.41. The summed E-state index contributed by atoms with van der Waals surface area (Å²) >= 11 is 0. The molecule has 0 bridgehead atoms. The molecule has 0 spiro atoms. The van der Waals surface area contributed by atoms with E-state index in [-0.39, 0.29) is 6.04 Å². The number of hydroxylamine groups is 2. The van der Waals surface area contributed by atoms with E-state index >= 15 is 0 Å². The van der Waals surface area contributed by atoms with Crippen LogP contribution >= 0.6 is 0 Å². The van der Waals surface area contributed by atoms with Crippen molar-refractivity contribution in [2.24, 2.45) is 0 Å². The van der Waals surface area contributed by atoms with Crippen molar-refractivity contribution in [1.82, 2.24) is 4.65 Å². The van der Waals surface area contributed by atoms with Crippen molar-refractivity contribution in [3.63, 3.8) is 0 Å². The van der Waals surface area contributed by atoms with Gasteiger partial charge in [0.1, 0.15) is 17.5 Å². The molecule has 2 unspecified atom stereocenters. The summed E-state index contributed by atoms with van der Waals surface area (Å²) < 4.78 is 4.80. The molecule has 0 amide bonds. The molecule has 21 heavy (non-hydrogen) atoms. The van der Waals surface area contributed by atoms with E-state index in [1.54, 1.807) is 13.3 Å². The summed E-state index contributed by atoms with van der Waals surface area (Å²) in [6.07, 6.45) is 5.52. The van der Waals surface area contributed by atoms with Crippen LogP contribution in [0.25, 0.3) is 0 Å². The lowest BCUT2D eigenvalue weighted by Crippen LogP contribution is -2.42. The van der Waals surface area contributed by atoms with E-state index in [4.69, 9.17) is 4.74 Å². The Kier molecular flexibility index (Phi) is 3.78. The zero-order valence-corrected chi connectivity index (χ0v) is 12.1. The zero-order chi connectivity index (χ0) is 14.7. The van der Waals surface area contributed by atoms with Gasteiger partial charge < -0.3 is 9.94 Å². The van der Waals surface area contributed by atoms with Gasteiger partial charge in [-0.3, -0.25) is 4.65 Å². The average Bonchev–Trinajstić information content (AvgIpc) is 2.56. The molecule has 3 nitrogen and oxygen atoms in total. The van der Waals surface area contributed by atoms with Crippen molar-refractivity contribution in [1.29, 1.82) is 0 Å². The first-order valence-corrected chi connectivity index (χ1v) is 7.21. The number of hydrogen-bond donors (Lipinski definition) is 0. The summed E-state index contributed by atoms with van der Waals surface area (Å²) in [6, 6.07) is 17.4. The number of hydrogen-bond acceptors (Lipinski definition) is 2. The quantitative estimate of drug-likeness (QED) is 0.610. The maximum atomic E-state index is 13.5. The van der Waals surface area contributed by atoms with Crippen molar-refractivity contribution >= 4 is 5.69 Å². The maximum Gasteiger partial charge on any atom is 0.141 e. The molecule has 3 heteroatoms. The summed E-state index contributed by atoms with van der Waals surface area (Å²) in [5.41, 5.74) is 1.79. The van der Waals surface area contributed by atoms with Crippen molar-refractivity contribution in [2.45, 2.75) is 18.9 Å². The number of methoxy groups -OCH3 is 1. The van der Waals surface area contributed by atoms with Crippen LogP contribution in [-0.4, -0.2) is 7.11 Å². The Hall–Kier alpha value is -2.10. The van der Waals surface area contributed by atoms with Gasteiger partial charge in [0.2, 0.25) is 0 Å². The van der Waals surface area contributed by atoms with Crippen LogP contribution in [0.15, 0.2) is 66.9 Å². The Morgan fingerprint density at radius 2 is 1.90 bits per heavy atom. The standard InChI is InChI=1S/C18H19NO2/c1-21-17-11-7-10-16(14-17)19(20)13-6-5-12-18(19)15-8-3-2-4-9-15/h2-4,6-11,13-14,18H,5,12H2,1H3. The smallest absolute Gasteiger partial charge is 0.141 e. The summed E-state index contributed by atoms with van der Waals surface area (Å²) in [5.74, 6) is 0.714. The Morgan fingerprint density at radius 3 is 2.67 bits per heavy atom. The van der Waals surface area contributed by atoms with Crippen LogP contribution in [0.4, 0.5) is 5.69 Å². The third-order valence-electron chi connectivity index (χ3n) is 4.04. The summed E-state index contributed by atoms with van der Waals surface area (Å²) in [7, 11) is 1.62. The zero-order valence-electron chi connectivity index (χ0n) is 12.1.